The Kier molecular flexibility index (Phi) is 3.56. The average molecular weight is 276 g/mol. The van der Waals surface area contributed by atoms with Crippen molar-refractivity contribution in [1.82, 2.24) is 4.98 Å². The maximum Gasteiger partial charge on any atom is 0.418 e. The fourth-order valence-corrected chi connectivity index (χ4v) is 1.45. The molecule has 0 aliphatic carbocycles. The van der Waals surface area contributed by atoms with Crippen molar-refractivity contribution in [3.8, 4) is 0 Å². The van der Waals surface area contributed by atoms with Crippen molar-refractivity contribution in [2.75, 3.05) is 0 Å². The third-order valence-electron chi connectivity index (χ3n) is 1.77. The van der Waals surface area contributed by atoms with Crippen LogP contribution in [0.5, 0.6) is 0 Å². The van der Waals surface area contributed by atoms with Crippen LogP contribution in [-0.2, 0) is 6.18 Å². The van der Waals surface area contributed by atoms with Gasteiger partial charge in [-0.2, -0.15) is 13.2 Å². The Morgan fingerprint density at radius 2 is 1.94 bits per heavy atom. The molecule has 0 amide bonds. The Balaban J connectivity index is 3.59. The minimum absolute atomic E-state index is 0.156. The zero-order valence-corrected chi connectivity index (χ0v) is 8.48. The topological polar surface area (TPSA) is 50.2 Å². The van der Waals surface area contributed by atoms with E-state index in [2.05, 4.69) is 4.98 Å². The van der Waals surface area contributed by atoms with Crippen LogP contribution in [0.4, 0.5) is 22.0 Å². The second-order valence-corrected chi connectivity index (χ2v) is 3.23. The second kappa shape index (κ2) is 4.44. The number of halogens is 6. The molecule has 0 spiro atoms. The Hall–Kier alpha value is -1.44. The summed E-state index contributed by atoms with van der Waals surface area (Å²) in [6, 6.07) is 0. The van der Waals surface area contributed by atoms with E-state index in [1.54, 1.807) is 0 Å². The van der Waals surface area contributed by atoms with Gasteiger partial charge in [0.15, 0.2) is 5.69 Å². The maximum absolute atomic E-state index is 12.5. The highest BCUT2D eigenvalue weighted by atomic mass is 35.5. The van der Waals surface area contributed by atoms with Gasteiger partial charge in [-0.25, -0.2) is 18.6 Å². The molecule has 1 aromatic rings. The van der Waals surface area contributed by atoms with Crippen molar-refractivity contribution in [1.29, 1.82) is 0 Å². The number of carbonyl (C=O) groups is 1. The molecule has 17 heavy (non-hydrogen) atoms. The minimum Gasteiger partial charge on any atom is -0.476 e. The summed E-state index contributed by atoms with van der Waals surface area (Å²) in [5.74, 6) is -1.83. The lowest BCUT2D eigenvalue weighted by Crippen LogP contribution is -2.15. The molecule has 94 valence electrons. The van der Waals surface area contributed by atoms with Gasteiger partial charge in [0.05, 0.1) is 10.6 Å². The zero-order chi connectivity index (χ0) is 13.4. The molecule has 0 bridgehead atoms. The van der Waals surface area contributed by atoms with Gasteiger partial charge in [0.1, 0.15) is 0 Å². The Morgan fingerprint density at radius 1 is 1.41 bits per heavy atom. The summed E-state index contributed by atoms with van der Waals surface area (Å²) in [5.41, 5.74) is -4.45. The number of hydrogen-bond acceptors (Lipinski definition) is 2. The molecule has 0 aromatic carbocycles. The highest BCUT2D eigenvalue weighted by Crippen LogP contribution is 2.41. The number of pyridine rings is 1. The van der Waals surface area contributed by atoms with Gasteiger partial charge >= 0.3 is 12.1 Å². The largest absolute Gasteiger partial charge is 0.476 e. The van der Waals surface area contributed by atoms with E-state index in [9.17, 15) is 26.7 Å². The quantitative estimate of drug-likeness (QED) is 0.842. The molecule has 0 aliphatic heterocycles. The van der Waals surface area contributed by atoms with E-state index < -0.39 is 40.4 Å². The lowest BCUT2D eigenvalue weighted by atomic mass is 10.1. The summed E-state index contributed by atoms with van der Waals surface area (Å²) in [6.45, 7) is 0. The number of rotatable bonds is 2. The van der Waals surface area contributed by atoms with Crippen LogP contribution in [0.2, 0.25) is 5.02 Å². The maximum atomic E-state index is 12.5. The van der Waals surface area contributed by atoms with Crippen molar-refractivity contribution >= 4 is 17.6 Å². The van der Waals surface area contributed by atoms with Crippen molar-refractivity contribution in [3.63, 3.8) is 0 Å². The summed E-state index contributed by atoms with van der Waals surface area (Å²) in [6.07, 6.45) is -8.49. The molecule has 9 heteroatoms. The molecule has 0 unspecified atom stereocenters. The third-order valence-corrected chi connectivity index (χ3v) is 2.14. The SMILES string of the molecule is O=C(O)c1ncc(C(F)F)c(C(F)(F)F)c1Cl. The smallest absolute Gasteiger partial charge is 0.418 e. The van der Waals surface area contributed by atoms with E-state index in [-0.39, 0.29) is 6.20 Å². The normalized spacial score (nSPS) is 11.9. The van der Waals surface area contributed by atoms with Crippen molar-refractivity contribution in [3.05, 3.63) is 28.0 Å². The first kappa shape index (κ1) is 13.6. The molecule has 0 radical (unpaired) electrons. The van der Waals surface area contributed by atoms with Crippen LogP contribution in [0.15, 0.2) is 6.20 Å². The van der Waals surface area contributed by atoms with Crippen LogP contribution < -0.4 is 0 Å². The molecular formula is C8H3ClF5NO2. The standard InChI is InChI=1S/C8H3ClF5NO2/c9-4-3(8(12,13)14)2(6(10)11)1-15-5(4)7(16)17/h1,6H,(H,16,17). The van der Waals surface area contributed by atoms with E-state index in [0.29, 0.717) is 0 Å². The number of hydrogen-bond donors (Lipinski definition) is 1. The fraction of sp³-hybridized carbons (Fsp3) is 0.250. The third kappa shape index (κ3) is 2.63. The number of alkyl halides is 5. The number of nitrogens with zero attached hydrogens (tertiary/aromatic N) is 1. The van der Waals surface area contributed by atoms with Gasteiger partial charge in [0.25, 0.3) is 6.43 Å². The Morgan fingerprint density at radius 3 is 2.29 bits per heavy atom. The monoisotopic (exact) mass is 275 g/mol. The average Bonchev–Trinajstić information content (AvgIpc) is 2.14. The van der Waals surface area contributed by atoms with E-state index >= 15 is 0 Å². The summed E-state index contributed by atoms with van der Waals surface area (Å²) in [4.78, 5) is 13.4. The summed E-state index contributed by atoms with van der Waals surface area (Å²) in [5, 5.41) is 7.14. The number of carboxylic acid groups (broad SMARTS) is 1. The van der Waals surface area contributed by atoms with Crippen LogP contribution in [0.3, 0.4) is 0 Å². The summed E-state index contributed by atoms with van der Waals surface area (Å²) >= 11 is 5.14. The van der Waals surface area contributed by atoms with Crippen LogP contribution >= 0.6 is 11.6 Å². The minimum atomic E-state index is -5.18. The number of carboxylic acids is 1. The fourth-order valence-electron chi connectivity index (χ4n) is 1.10. The number of aromatic nitrogens is 1. The van der Waals surface area contributed by atoms with Crippen LogP contribution in [0, 0.1) is 0 Å². The highest BCUT2D eigenvalue weighted by molar-refractivity contribution is 6.34. The van der Waals surface area contributed by atoms with Gasteiger partial charge in [0.2, 0.25) is 0 Å². The zero-order valence-electron chi connectivity index (χ0n) is 7.73. The molecule has 1 rings (SSSR count). The van der Waals surface area contributed by atoms with Gasteiger partial charge in [-0.3, -0.25) is 0 Å². The van der Waals surface area contributed by atoms with Crippen LogP contribution in [0.25, 0.3) is 0 Å². The molecule has 0 saturated carbocycles. The molecular weight excluding hydrogens is 273 g/mol. The Labute approximate surface area is 95.8 Å². The van der Waals surface area contributed by atoms with Crippen LogP contribution in [0.1, 0.15) is 28.0 Å². The lowest BCUT2D eigenvalue weighted by molar-refractivity contribution is -0.139. The summed E-state index contributed by atoms with van der Waals surface area (Å²) in [7, 11) is 0. The van der Waals surface area contributed by atoms with Gasteiger partial charge in [-0.05, 0) is 0 Å². The van der Waals surface area contributed by atoms with Gasteiger partial charge in [0, 0.05) is 11.8 Å². The first-order valence-electron chi connectivity index (χ1n) is 3.93. The molecule has 1 heterocycles. The van der Waals surface area contributed by atoms with Gasteiger partial charge in [-0.15, -0.1) is 0 Å². The molecule has 3 nitrogen and oxygen atoms in total. The van der Waals surface area contributed by atoms with Crippen LogP contribution in [-0.4, -0.2) is 16.1 Å². The van der Waals surface area contributed by atoms with E-state index in [1.807, 2.05) is 0 Å². The first-order valence-corrected chi connectivity index (χ1v) is 4.31. The molecule has 0 aliphatic rings. The van der Waals surface area contributed by atoms with Crippen molar-refractivity contribution in [2.45, 2.75) is 12.6 Å². The lowest BCUT2D eigenvalue weighted by Gasteiger charge is -2.14. The predicted octanol–water partition coefficient (Wildman–Crippen LogP) is 3.39. The van der Waals surface area contributed by atoms with E-state index in [4.69, 9.17) is 16.7 Å². The predicted molar refractivity (Wildman–Crippen MR) is 46.2 cm³/mol. The Bertz CT molecular complexity index is 460. The van der Waals surface area contributed by atoms with Crippen molar-refractivity contribution < 1.29 is 31.9 Å². The molecule has 0 atom stereocenters. The second-order valence-electron chi connectivity index (χ2n) is 2.85. The first-order chi connectivity index (χ1) is 7.66. The van der Waals surface area contributed by atoms with Gasteiger partial charge < -0.3 is 5.11 Å². The molecule has 1 aromatic heterocycles. The molecule has 0 fully saturated rings. The van der Waals surface area contributed by atoms with E-state index in [1.165, 1.54) is 0 Å². The number of aromatic carboxylic acids is 1. The van der Waals surface area contributed by atoms with E-state index in [0.717, 1.165) is 0 Å². The van der Waals surface area contributed by atoms with Crippen molar-refractivity contribution in [2.24, 2.45) is 0 Å². The summed E-state index contributed by atoms with van der Waals surface area (Å²) < 4.78 is 62.1. The van der Waals surface area contributed by atoms with Gasteiger partial charge in [-0.1, -0.05) is 11.6 Å². The molecule has 0 saturated heterocycles. The molecule has 1 N–H and O–H groups in total. The highest BCUT2D eigenvalue weighted by Gasteiger charge is 2.40.